The number of fused-ring (bicyclic) bond motifs is 1. The number of nitrogens with one attached hydrogen (secondary N) is 1. The molecule has 0 saturated carbocycles. The van der Waals surface area contributed by atoms with Gasteiger partial charge in [0.15, 0.2) is 5.13 Å². The number of hydrogen-bond acceptors (Lipinski definition) is 5. The van der Waals surface area contributed by atoms with E-state index in [2.05, 4.69) is 10.3 Å². The predicted octanol–water partition coefficient (Wildman–Crippen LogP) is 3.55. The maximum Gasteiger partial charge on any atom is 0.184 e. The molecule has 1 aromatic heterocycles. The van der Waals surface area contributed by atoms with Crippen molar-refractivity contribution in [1.82, 2.24) is 4.98 Å². The molecule has 1 saturated heterocycles. The summed E-state index contributed by atoms with van der Waals surface area (Å²) in [6, 6.07) is 3.68. The average molecular weight is 299 g/mol. The number of hydrogen-bond donors (Lipinski definition) is 1. The van der Waals surface area contributed by atoms with Crippen LogP contribution in [0, 0.1) is 0 Å². The molecule has 0 unspecified atom stereocenters. The molecule has 4 nitrogen and oxygen atoms in total. The van der Waals surface area contributed by atoms with Gasteiger partial charge in [0.05, 0.1) is 22.9 Å². The Bertz CT molecular complexity index is 581. The van der Waals surface area contributed by atoms with Gasteiger partial charge in [-0.1, -0.05) is 22.9 Å². The number of thiazole rings is 1. The summed E-state index contributed by atoms with van der Waals surface area (Å²) in [6.07, 6.45) is 2.55. The van der Waals surface area contributed by atoms with Gasteiger partial charge in [0.25, 0.3) is 0 Å². The maximum atomic E-state index is 6.19. The Morgan fingerprint density at radius 1 is 1.58 bits per heavy atom. The summed E-state index contributed by atoms with van der Waals surface area (Å²) in [7, 11) is 1.64. The molecule has 1 aliphatic heterocycles. The van der Waals surface area contributed by atoms with Gasteiger partial charge in [0, 0.05) is 13.2 Å². The number of halogens is 1. The summed E-state index contributed by atoms with van der Waals surface area (Å²) in [5, 5.41) is 4.89. The van der Waals surface area contributed by atoms with Crippen molar-refractivity contribution in [1.29, 1.82) is 0 Å². The molecule has 0 amide bonds. The van der Waals surface area contributed by atoms with Gasteiger partial charge in [-0.25, -0.2) is 4.98 Å². The van der Waals surface area contributed by atoms with Crippen molar-refractivity contribution >= 4 is 38.3 Å². The van der Waals surface area contributed by atoms with E-state index in [4.69, 9.17) is 21.1 Å². The van der Waals surface area contributed by atoms with Crippen LogP contribution in [0.3, 0.4) is 0 Å². The van der Waals surface area contributed by atoms with Crippen LogP contribution < -0.4 is 10.1 Å². The zero-order valence-electron chi connectivity index (χ0n) is 10.6. The van der Waals surface area contributed by atoms with Gasteiger partial charge < -0.3 is 14.8 Å². The van der Waals surface area contributed by atoms with Crippen LogP contribution in [0.1, 0.15) is 12.8 Å². The number of anilines is 1. The molecule has 0 bridgehead atoms. The highest BCUT2D eigenvalue weighted by Crippen LogP contribution is 2.37. The number of aromatic nitrogens is 1. The van der Waals surface area contributed by atoms with Crippen molar-refractivity contribution in [3.63, 3.8) is 0 Å². The predicted molar refractivity (Wildman–Crippen MR) is 78.6 cm³/mol. The zero-order chi connectivity index (χ0) is 13.2. The molecule has 1 fully saturated rings. The number of ether oxygens (including phenoxy) is 2. The van der Waals surface area contributed by atoms with Crippen LogP contribution in [0.15, 0.2) is 12.1 Å². The van der Waals surface area contributed by atoms with E-state index in [1.807, 2.05) is 12.1 Å². The lowest BCUT2D eigenvalue weighted by atomic mass is 10.2. The Morgan fingerprint density at radius 2 is 2.47 bits per heavy atom. The van der Waals surface area contributed by atoms with E-state index in [0.29, 0.717) is 11.1 Å². The van der Waals surface area contributed by atoms with Crippen molar-refractivity contribution in [3.05, 3.63) is 17.2 Å². The summed E-state index contributed by atoms with van der Waals surface area (Å²) in [6.45, 7) is 1.66. The Morgan fingerprint density at radius 3 is 3.21 bits per heavy atom. The van der Waals surface area contributed by atoms with Gasteiger partial charge >= 0.3 is 0 Å². The Hall–Kier alpha value is -1.04. The minimum absolute atomic E-state index is 0.296. The summed E-state index contributed by atoms with van der Waals surface area (Å²) in [5.41, 5.74) is 0.815. The molecule has 1 aliphatic rings. The summed E-state index contributed by atoms with van der Waals surface area (Å²) >= 11 is 7.74. The van der Waals surface area contributed by atoms with Crippen molar-refractivity contribution in [2.75, 3.05) is 25.6 Å². The largest absolute Gasteiger partial charge is 0.494 e. The lowest BCUT2D eigenvalue weighted by Gasteiger charge is -2.08. The molecule has 3 rings (SSSR count). The molecule has 0 aliphatic carbocycles. The van der Waals surface area contributed by atoms with Crippen LogP contribution in [0.4, 0.5) is 5.13 Å². The molecule has 1 aromatic carbocycles. The van der Waals surface area contributed by atoms with Gasteiger partial charge in [-0.15, -0.1) is 0 Å². The molecule has 19 heavy (non-hydrogen) atoms. The van der Waals surface area contributed by atoms with Gasteiger partial charge in [-0.05, 0) is 25.0 Å². The highest BCUT2D eigenvalue weighted by atomic mass is 35.5. The van der Waals surface area contributed by atoms with Crippen LogP contribution in [0.25, 0.3) is 10.2 Å². The van der Waals surface area contributed by atoms with Crippen LogP contribution in [0.5, 0.6) is 5.75 Å². The highest BCUT2D eigenvalue weighted by Gasteiger charge is 2.17. The van der Waals surface area contributed by atoms with Crippen LogP contribution >= 0.6 is 22.9 Å². The van der Waals surface area contributed by atoms with Gasteiger partial charge in [-0.3, -0.25) is 0 Å². The smallest absolute Gasteiger partial charge is 0.184 e. The highest BCUT2D eigenvalue weighted by molar-refractivity contribution is 7.22. The van der Waals surface area contributed by atoms with Gasteiger partial charge in [-0.2, -0.15) is 0 Å². The molecule has 0 radical (unpaired) electrons. The third-order valence-corrected chi connectivity index (χ3v) is 4.66. The van der Waals surface area contributed by atoms with Crippen molar-refractivity contribution in [2.24, 2.45) is 0 Å². The van der Waals surface area contributed by atoms with E-state index in [-0.39, 0.29) is 0 Å². The first kappa shape index (κ1) is 13.0. The molecule has 6 heteroatoms. The number of benzene rings is 1. The van der Waals surface area contributed by atoms with Crippen LogP contribution in [-0.2, 0) is 4.74 Å². The quantitative estimate of drug-likeness (QED) is 0.937. The summed E-state index contributed by atoms with van der Waals surface area (Å²) in [4.78, 5) is 4.55. The van der Waals surface area contributed by atoms with E-state index < -0.39 is 0 Å². The second-order valence-corrected chi connectivity index (χ2v) is 5.87. The zero-order valence-corrected chi connectivity index (χ0v) is 12.2. The Kier molecular flexibility index (Phi) is 3.77. The minimum Gasteiger partial charge on any atom is -0.494 e. The molecular weight excluding hydrogens is 284 g/mol. The second-order valence-electron chi connectivity index (χ2n) is 4.46. The number of rotatable bonds is 4. The number of nitrogens with zero attached hydrogens (tertiary/aromatic N) is 1. The van der Waals surface area contributed by atoms with E-state index in [1.54, 1.807) is 18.4 Å². The molecule has 1 N–H and O–H groups in total. The first-order chi connectivity index (χ1) is 9.28. The SMILES string of the molecule is COc1ccc(Cl)c2sc(NC[C@H]3CCCO3)nc12. The maximum absolute atomic E-state index is 6.19. The molecular formula is C13H15ClN2O2S. The Balaban J connectivity index is 1.82. The molecule has 2 aromatic rings. The van der Waals surface area contributed by atoms with E-state index in [9.17, 15) is 0 Å². The van der Waals surface area contributed by atoms with Gasteiger partial charge in [0.2, 0.25) is 0 Å². The van der Waals surface area contributed by atoms with Crippen LogP contribution in [0.2, 0.25) is 5.02 Å². The monoisotopic (exact) mass is 298 g/mol. The molecule has 1 atom stereocenters. The first-order valence-electron chi connectivity index (χ1n) is 6.26. The third-order valence-electron chi connectivity index (χ3n) is 3.18. The lowest BCUT2D eigenvalue weighted by molar-refractivity contribution is 0.120. The number of methoxy groups -OCH3 is 1. The summed E-state index contributed by atoms with van der Waals surface area (Å²) < 4.78 is 11.8. The van der Waals surface area contributed by atoms with Crippen molar-refractivity contribution in [2.45, 2.75) is 18.9 Å². The molecule has 0 spiro atoms. The Labute approximate surface area is 120 Å². The van der Waals surface area contributed by atoms with E-state index in [1.165, 1.54) is 0 Å². The fraction of sp³-hybridized carbons (Fsp3) is 0.462. The topological polar surface area (TPSA) is 43.4 Å². The van der Waals surface area contributed by atoms with E-state index >= 15 is 0 Å². The minimum atomic E-state index is 0.296. The third kappa shape index (κ3) is 2.63. The average Bonchev–Trinajstić information content (AvgIpc) is 3.06. The van der Waals surface area contributed by atoms with Crippen LogP contribution in [-0.4, -0.2) is 31.3 Å². The van der Waals surface area contributed by atoms with Gasteiger partial charge in [0.1, 0.15) is 11.3 Å². The first-order valence-corrected chi connectivity index (χ1v) is 7.46. The second kappa shape index (κ2) is 5.53. The fourth-order valence-electron chi connectivity index (χ4n) is 2.20. The summed E-state index contributed by atoms with van der Waals surface area (Å²) in [5.74, 6) is 0.751. The van der Waals surface area contributed by atoms with Crippen molar-refractivity contribution in [3.8, 4) is 5.75 Å². The normalized spacial score (nSPS) is 18.9. The molecule has 102 valence electrons. The van der Waals surface area contributed by atoms with E-state index in [0.717, 1.165) is 47.1 Å². The standard InChI is InChI=1S/C13H15ClN2O2S/c1-17-10-5-4-9(14)12-11(10)16-13(19-12)15-7-8-3-2-6-18-8/h4-5,8H,2-3,6-7H2,1H3,(H,15,16)/t8-/m1/s1. The lowest BCUT2D eigenvalue weighted by Crippen LogP contribution is -2.18. The van der Waals surface area contributed by atoms with Crippen molar-refractivity contribution < 1.29 is 9.47 Å². The fourth-order valence-corrected chi connectivity index (χ4v) is 3.36. The molecule has 2 heterocycles.